The molecule has 0 aliphatic rings. The van der Waals surface area contributed by atoms with E-state index in [1.807, 2.05) is 19.9 Å². The lowest BCUT2D eigenvalue weighted by Crippen LogP contribution is -1.93. The van der Waals surface area contributed by atoms with Crippen LogP contribution in [0.4, 0.5) is 4.39 Å². The van der Waals surface area contributed by atoms with E-state index in [2.05, 4.69) is 0 Å². The zero-order chi connectivity index (χ0) is 9.30. The fraction of sp³-hybridized carbons (Fsp3) is 0.400. The lowest BCUT2D eigenvalue weighted by molar-refractivity contribution is 0.614. The van der Waals surface area contributed by atoms with E-state index in [-0.39, 0.29) is 16.8 Å². The molecule has 0 N–H and O–H groups in total. The number of hydrogen-bond donors (Lipinski definition) is 0. The van der Waals surface area contributed by atoms with Gasteiger partial charge in [0.25, 0.3) is 0 Å². The molecule has 0 aliphatic carbocycles. The largest absolute Gasteiger partial charge is 0.205 e. The number of benzene rings is 1. The maximum Gasteiger partial charge on any atom is 0.144 e. The molecule has 0 aromatic heterocycles. The first-order valence-electron chi connectivity index (χ1n) is 3.98. The molecular formula is C10H12ClF. The van der Waals surface area contributed by atoms with Gasteiger partial charge in [-0.05, 0) is 24.0 Å². The van der Waals surface area contributed by atoms with E-state index in [9.17, 15) is 4.39 Å². The number of rotatable bonds is 1. The summed E-state index contributed by atoms with van der Waals surface area (Å²) in [4.78, 5) is 0. The monoisotopic (exact) mass is 186 g/mol. The Hall–Kier alpha value is -0.560. The Morgan fingerprint density at radius 2 is 1.92 bits per heavy atom. The minimum atomic E-state index is -0.289. The molecule has 0 radical (unpaired) electrons. The third-order valence-corrected chi connectivity index (χ3v) is 2.31. The van der Waals surface area contributed by atoms with Crippen LogP contribution in [0.15, 0.2) is 12.1 Å². The molecule has 0 spiro atoms. The van der Waals surface area contributed by atoms with Crippen molar-refractivity contribution in [1.29, 1.82) is 0 Å². The lowest BCUT2D eigenvalue weighted by Gasteiger charge is -2.09. The molecule has 0 heterocycles. The van der Waals surface area contributed by atoms with Crippen molar-refractivity contribution in [2.75, 3.05) is 0 Å². The van der Waals surface area contributed by atoms with Crippen LogP contribution < -0.4 is 0 Å². The zero-order valence-corrected chi connectivity index (χ0v) is 8.24. The van der Waals surface area contributed by atoms with Gasteiger partial charge in [-0.15, -0.1) is 0 Å². The fourth-order valence-electron chi connectivity index (χ4n) is 1.11. The predicted molar refractivity (Wildman–Crippen MR) is 50.2 cm³/mol. The zero-order valence-electron chi connectivity index (χ0n) is 7.49. The fourth-order valence-corrected chi connectivity index (χ4v) is 1.54. The highest BCUT2D eigenvalue weighted by molar-refractivity contribution is 6.31. The molecule has 2 heteroatoms. The summed E-state index contributed by atoms with van der Waals surface area (Å²) in [6.45, 7) is 5.71. The quantitative estimate of drug-likeness (QED) is 0.624. The molecule has 0 saturated heterocycles. The van der Waals surface area contributed by atoms with Crippen LogP contribution in [0.25, 0.3) is 0 Å². The second kappa shape index (κ2) is 3.44. The third-order valence-electron chi connectivity index (χ3n) is 1.93. The van der Waals surface area contributed by atoms with Gasteiger partial charge in [0.1, 0.15) is 5.82 Å². The average Bonchev–Trinajstić information content (AvgIpc) is 2.00. The molecule has 0 amide bonds. The molecule has 1 aromatic carbocycles. The van der Waals surface area contributed by atoms with E-state index < -0.39 is 0 Å². The number of hydrogen-bond acceptors (Lipinski definition) is 0. The van der Waals surface area contributed by atoms with Crippen molar-refractivity contribution in [3.05, 3.63) is 34.1 Å². The van der Waals surface area contributed by atoms with Crippen molar-refractivity contribution >= 4 is 11.6 Å². The molecule has 0 aliphatic heterocycles. The van der Waals surface area contributed by atoms with Crippen LogP contribution in [0.2, 0.25) is 5.02 Å². The van der Waals surface area contributed by atoms with Gasteiger partial charge < -0.3 is 0 Å². The van der Waals surface area contributed by atoms with Gasteiger partial charge in [-0.2, -0.15) is 0 Å². The third kappa shape index (κ3) is 1.61. The van der Waals surface area contributed by atoms with Crippen LogP contribution in [0.5, 0.6) is 0 Å². The van der Waals surface area contributed by atoms with Crippen LogP contribution in [-0.4, -0.2) is 0 Å². The lowest BCUT2D eigenvalue weighted by atomic mass is 10.0. The van der Waals surface area contributed by atoms with Crippen LogP contribution in [0, 0.1) is 12.7 Å². The van der Waals surface area contributed by atoms with E-state index in [4.69, 9.17) is 11.6 Å². The van der Waals surface area contributed by atoms with Crippen molar-refractivity contribution in [2.24, 2.45) is 0 Å². The van der Waals surface area contributed by atoms with Gasteiger partial charge in [0, 0.05) is 0 Å². The first-order chi connectivity index (χ1) is 5.54. The Labute approximate surface area is 77.4 Å². The second-order valence-corrected chi connectivity index (χ2v) is 3.63. The highest BCUT2D eigenvalue weighted by Crippen LogP contribution is 2.28. The molecule has 0 bridgehead atoms. The van der Waals surface area contributed by atoms with Crippen molar-refractivity contribution in [1.82, 2.24) is 0 Å². The van der Waals surface area contributed by atoms with E-state index in [0.29, 0.717) is 5.56 Å². The predicted octanol–water partition coefficient (Wildman–Crippen LogP) is 3.91. The maximum atomic E-state index is 13.2. The van der Waals surface area contributed by atoms with Crippen molar-refractivity contribution in [2.45, 2.75) is 26.7 Å². The molecular weight excluding hydrogens is 175 g/mol. The van der Waals surface area contributed by atoms with E-state index in [1.165, 1.54) is 0 Å². The first kappa shape index (κ1) is 9.53. The Balaban J connectivity index is 3.27. The van der Waals surface area contributed by atoms with Crippen LogP contribution >= 0.6 is 11.6 Å². The Morgan fingerprint density at radius 1 is 1.33 bits per heavy atom. The molecule has 1 aromatic rings. The normalized spacial score (nSPS) is 10.8. The number of aryl methyl sites for hydroxylation is 1. The van der Waals surface area contributed by atoms with Crippen LogP contribution in [-0.2, 0) is 0 Å². The molecule has 0 unspecified atom stereocenters. The maximum absolute atomic E-state index is 13.2. The number of halogens is 2. The summed E-state index contributed by atoms with van der Waals surface area (Å²) < 4.78 is 13.2. The summed E-state index contributed by atoms with van der Waals surface area (Å²) in [6, 6.07) is 3.64. The summed E-state index contributed by atoms with van der Waals surface area (Å²) in [5.74, 6) is -0.0181. The minimum Gasteiger partial charge on any atom is -0.205 e. The van der Waals surface area contributed by atoms with Gasteiger partial charge in [0.05, 0.1) is 5.02 Å². The highest BCUT2D eigenvalue weighted by atomic mass is 35.5. The minimum absolute atomic E-state index is 0.269. The summed E-state index contributed by atoms with van der Waals surface area (Å²) in [6.07, 6.45) is 0. The Kier molecular flexibility index (Phi) is 2.73. The molecule has 12 heavy (non-hydrogen) atoms. The van der Waals surface area contributed by atoms with Crippen LogP contribution in [0.1, 0.15) is 30.9 Å². The van der Waals surface area contributed by atoms with Gasteiger partial charge in [0.2, 0.25) is 0 Å². The summed E-state index contributed by atoms with van der Waals surface area (Å²) in [5, 5.41) is 0.269. The smallest absolute Gasteiger partial charge is 0.144 e. The molecule has 0 fully saturated rings. The molecule has 0 saturated carbocycles. The van der Waals surface area contributed by atoms with Gasteiger partial charge in [-0.25, -0.2) is 4.39 Å². The van der Waals surface area contributed by atoms with Crippen molar-refractivity contribution in [3.63, 3.8) is 0 Å². The van der Waals surface area contributed by atoms with E-state index in [1.54, 1.807) is 13.0 Å². The van der Waals surface area contributed by atoms with E-state index >= 15 is 0 Å². The molecule has 1 rings (SSSR count). The second-order valence-electron chi connectivity index (χ2n) is 3.25. The van der Waals surface area contributed by atoms with Crippen LogP contribution in [0.3, 0.4) is 0 Å². The SMILES string of the molecule is Cc1ccc(C(C)C)c(Cl)c1F. The van der Waals surface area contributed by atoms with E-state index in [0.717, 1.165) is 5.56 Å². The standard InChI is InChI=1S/C10H12ClF/c1-6(2)8-5-4-7(3)10(12)9(8)11/h4-6H,1-3H3. The van der Waals surface area contributed by atoms with Gasteiger partial charge in [-0.3, -0.25) is 0 Å². The van der Waals surface area contributed by atoms with Gasteiger partial charge >= 0.3 is 0 Å². The van der Waals surface area contributed by atoms with Crippen molar-refractivity contribution < 1.29 is 4.39 Å². The molecule has 0 nitrogen and oxygen atoms in total. The van der Waals surface area contributed by atoms with Crippen molar-refractivity contribution in [3.8, 4) is 0 Å². The van der Waals surface area contributed by atoms with Gasteiger partial charge in [-0.1, -0.05) is 37.6 Å². The molecule has 66 valence electrons. The summed E-state index contributed by atoms with van der Waals surface area (Å²) in [7, 11) is 0. The topological polar surface area (TPSA) is 0 Å². The first-order valence-corrected chi connectivity index (χ1v) is 4.36. The van der Waals surface area contributed by atoms with Gasteiger partial charge in [0.15, 0.2) is 0 Å². The Morgan fingerprint density at radius 3 is 2.42 bits per heavy atom. The summed E-state index contributed by atoms with van der Waals surface area (Å²) in [5.41, 5.74) is 1.48. The molecule has 0 atom stereocenters. The average molecular weight is 187 g/mol. The summed E-state index contributed by atoms with van der Waals surface area (Å²) >= 11 is 5.82. The highest BCUT2D eigenvalue weighted by Gasteiger charge is 2.10. The Bertz CT molecular complexity index is 292.